The number of rotatable bonds is 1. The Morgan fingerprint density at radius 2 is 1.92 bits per heavy atom. The molecule has 3 heteroatoms. The molecular weight excluding hydrogens is 157 g/mol. The maximum atomic E-state index is 12.4. The van der Waals surface area contributed by atoms with Crippen molar-refractivity contribution < 1.29 is 8.81 Å². The third-order valence-electron chi connectivity index (χ3n) is 1.50. The van der Waals surface area contributed by atoms with Crippen molar-refractivity contribution in [2.75, 3.05) is 0 Å². The monoisotopic (exact) mass is 163 g/mol. The summed E-state index contributed by atoms with van der Waals surface area (Å²) >= 11 is 0. The van der Waals surface area contributed by atoms with E-state index in [1.807, 2.05) is 30.3 Å². The predicted molar refractivity (Wildman–Crippen MR) is 41.9 cm³/mol. The van der Waals surface area contributed by atoms with Crippen LogP contribution >= 0.6 is 0 Å². The second-order valence-electron chi connectivity index (χ2n) is 2.34. The molecule has 2 rings (SSSR count). The van der Waals surface area contributed by atoms with E-state index in [-0.39, 0.29) is 0 Å². The molecule has 1 heterocycles. The van der Waals surface area contributed by atoms with E-state index in [4.69, 9.17) is 4.42 Å². The largest absolute Gasteiger partial charge is 0.411 e. The first-order chi connectivity index (χ1) is 5.86. The van der Waals surface area contributed by atoms with E-state index in [0.717, 1.165) is 11.8 Å². The lowest BCUT2D eigenvalue weighted by atomic mass is 10.2. The van der Waals surface area contributed by atoms with Gasteiger partial charge in [-0.25, -0.2) is 4.98 Å². The van der Waals surface area contributed by atoms with Crippen molar-refractivity contribution in [3.8, 4) is 11.5 Å². The van der Waals surface area contributed by atoms with E-state index in [1.165, 1.54) is 0 Å². The first-order valence-corrected chi connectivity index (χ1v) is 3.53. The maximum absolute atomic E-state index is 12.4. The highest BCUT2D eigenvalue weighted by molar-refractivity contribution is 5.51. The summed E-state index contributed by atoms with van der Waals surface area (Å²) in [5.41, 5.74) is 0.779. The SMILES string of the molecule is Fc1cnc(-c2ccccc2)o1. The van der Waals surface area contributed by atoms with Crippen LogP contribution in [0.5, 0.6) is 0 Å². The van der Waals surface area contributed by atoms with Gasteiger partial charge in [0.05, 0.1) is 0 Å². The molecule has 2 aromatic rings. The second-order valence-corrected chi connectivity index (χ2v) is 2.34. The lowest BCUT2D eigenvalue weighted by Gasteiger charge is -1.91. The third kappa shape index (κ3) is 1.21. The van der Waals surface area contributed by atoms with Crippen molar-refractivity contribution in [2.24, 2.45) is 0 Å². The Morgan fingerprint density at radius 1 is 1.17 bits per heavy atom. The van der Waals surface area contributed by atoms with Gasteiger partial charge < -0.3 is 4.42 Å². The van der Waals surface area contributed by atoms with Crippen molar-refractivity contribution in [2.45, 2.75) is 0 Å². The molecule has 0 aliphatic heterocycles. The van der Waals surface area contributed by atoms with E-state index < -0.39 is 6.01 Å². The minimum atomic E-state index is -0.658. The van der Waals surface area contributed by atoms with Crippen LogP contribution in [-0.4, -0.2) is 4.98 Å². The van der Waals surface area contributed by atoms with Gasteiger partial charge in [0.2, 0.25) is 5.89 Å². The Kier molecular flexibility index (Phi) is 1.63. The van der Waals surface area contributed by atoms with Crippen LogP contribution in [0.1, 0.15) is 0 Å². The van der Waals surface area contributed by atoms with E-state index in [1.54, 1.807) is 0 Å². The Labute approximate surface area is 68.7 Å². The molecule has 0 saturated carbocycles. The molecule has 1 aromatic carbocycles. The maximum Gasteiger partial charge on any atom is 0.298 e. The number of oxazole rings is 1. The number of aromatic nitrogens is 1. The van der Waals surface area contributed by atoms with Crippen molar-refractivity contribution in [1.82, 2.24) is 4.98 Å². The standard InChI is InChI=1S/C9H6FNO/c10-8-6-11-9(12-8)7-4-2-1-3-5-7/h1-6H. The Balaban J connectivity index is 2.45. The Morgan fingerprint density at radius 3 is 2.50 bits per heavy atom. The van der Waals surface area contributed by atoms with Crippen LogP contribution in [0.4, 0.5) is 4.39 Å². The number of hydrogen-bond acceptors (Lipinski definition) is 2. The third-order valence-corrected chi connectivity index (χ3v) is 1.50. The zero-order valence-corrected chi connectivity index (χ0v) is 6.20. The first kappa shape index (κ1) is 7.03. The van der Waals surface area contributed by atoms with Gasteiger partial charge in [0.1, 0.15) is 6.20 Å². The average Bonchev–Trinajstić information content (AvgIpc) is 2.54. The van der Waals surface area contributed by atoms with Gasteiger partial charge in [0.15, 0.2) is 0 Å². The smallest absolute Gasteiger partial charge is 0.298 e. The van der Waals surface area contributed by atoms with Gasteiger partial charge in [0, 0.05) is 5.56 Å². The number of halogens is 1. The predicted octanol–water partition coefficient (Wildman–Crippen LogP) is 2.48. The Bertz CT molecular complexity index is 369. The van der Waals surface area contributed by atoms with Crippen LogP contribution in [-0.2, 0) is 0 Å². The highest BCUT2D eigenvalue weighted by Crippen LogP contribution is 2.17. The zero-order chi connectivity index (χ0) is 8.39. The fourth-order valence-electron chi connectivity index (χ4n) is 0.969. The zero-order valence-electron chi connectivity index (χ0n) is 6.20. The first-order valence-electron chi connectivity index (χ1n) is 3.53. The Hall–Kier alpha value is -1.64. The molecule has 1 aromatic heterocycles. The average molecular weight is 163 g/mol. The van der Waals surface area contributed by atoms with Crippen molar-refractivity contribution in [1.29, 1.82) is 0 Å². The van der Waals surface area contributed by atoms with Gasteiger partial charge in [-0.05, 0) is 12.1 Å². The summed E-state index contributed by atoms with van der Waals surface area (Å²) in [6.07, 6.45) is 1.06. The van der Waals surface area contributed by atoms with Crippen LogP contribution in [0.2, 0.25) is 0 Å². The summed E-state index contributed by atoms with van der Waals surface area (Å²) in [6.45, 7) is 0. The molecule has 0 radical (unpaired) electrons. The lowest BCUT2D eigenvalue weighted by Crippen LogP contribution is -1.73. The molecule has 0 saturated heterocycles. The van der Waals surface area contributed by atoms with Crippen LogP contribution in [0.25, 0.3) is 11.5 Å². The molecule has 0 bridgehead atoms. The van der Waals surface area contributed by atoms with Gasteiger partial charge in [-0.15, -0.1) is 0 Å². The van der Waals surface area contributed by atoms with Gasteiger partial charge in [-0.3, -0.25) is 0 Å². The molecule has 0 spiro atoms. The lowest BCUT2D eigenvalue weighted by molar-refractivity contribution is 0.366. The molecule has 0 aliphatic rings. The fraction of sp³-hybridized carbons (Fsp3) is 0. The van der Waals surface area contributed by atoms with Crippen molar-refractivity contribution >= 4 is 0 Å². The van der Waals surface area contributed by atoms with Gasteiger partial charge in [-0.1, -0.05) is 18.2 Å². The molecule has 12 heavy (non-hydrogen) atoms. The molecule has 0 N–H and O–H groups in total. The minimum Gasteiger partial charge on any atom is -0.411 e. The molecule has 0 unspecified atom stereocenters. The van der Waals surface area contributed by atoms with Crippen LogP contribution < -0.4 is 0 Å². The second kappa shape index (κ2) is 2.77. The van der Waals surface area contributed by atoms with Gasteiger partial charge in [-0.2, -0.15) is 4.39 Å². The van der Waals surface area contributed by atoms with E-state index >= 15 is 0 Å². The van der Waals surface area contributed by atoms with Crippen molar-refractivity contribution in [3.05, 3.63) is 42.5 Å². The fourth-order valence-corrected chi connectivity index (χ4v) is 0.969. The number of benzene rings is 1. The molecule has 0 amide bonds. The molecule has 0 atom stereocenters. The summed E-state index contributed by atoms with van der Waals surface area (Å²) in [4.78, 5) is 3.74. The minimum absolute atomic E-state index is 0.313. The van der Waals surface area contributed by atoms with Crippen molar-refractivity contribution in [3.63, 3.8) is 0 Å². The highest BCUT2D eigenvalue weighted by atomic mass is 19.1. The number of nitrogens with zero attached hydrogens (tertiary/aromatic N) is 1. The molecule has 0 fully saturated rings. The molecule has 0 aliphatic carbocycles. The topological polar surface area (TPSA) is 26.0 Å². The molecular formula is C9H6FNO. The van der Waals surface area contributed by atoms with Crippen LogP contribution in [0.3, 0.4) is 0 Å². The molecule has 60 valence electrons. The normalized spacial score (nSPS) is 10.1. The van der Waals surface area contributed by atoms with E-state index in [2.05, 4.69) is 4.98 Å². The quantitative estimate of drug-likeness (QED) is 0.645. The summed E-state index contributed by atoms with van der Waals surface area (Å²) < 4.78 is 17.1. The summed E-state index contributed by atoms with van der Waals surface area (Å²) in [5.74, 6) is 0.313. The summed E-state index contributed by atoms with van der Waals surface area (Å²) in [5, 5.41) is 0. The van der Waals surface area contributed by atoms with Crippen LogP contribution in [0, 0.1) is 6.01 Å². The highest BCUT2D eigenvalue weighted by Gasteiger charge is 2.03. The van der Waals surface area contributed by atoms with Gasteiger partial charge >= 0.3 is 0 Å². The molecule has 2 nitrogen and oxygen atoms in total. The summed E-state index contributed by atoms with van der Waals surface area (Å²) in [6, 6.07) is 8.53. The summed E-state index contributed by atoms with van der Waals surface area (Å²) in [7, 11) is 0. The van der Waals surface area contributed by atoms with Gasteiger partial charge in [0.25, 0.3) is 6.01 Å². The van der Waals surface area contributed by atoms with E-state index in [9.17, 15) is 4.39 Å². The number of hydrogen-bond donors (Lipinski definition) is 0. The van der Waals surface area contributed by atoms with E-state index in [0.29, 0.717) is 5.89 Å². The van der Waals surface area contributed by atoms with Crippen LogP contribution in [0.15, 0.2) is 40.9 Å².